The third kappa shape index (κ3) is 1.91. The number of aromatic nitrogens is 1. The Morgan fingerprint density at radius 3 is 2.56 bits per heavy atom. The molecule has 0 atom stereocenters. The molecule has 1 amide bonds. The molecule has 0 unspecified atom stereocenters. The number of ether oxygens (including phenoxy) is 2. The summed E-state index contributed by atoms with van der Waals surface area (Å²) in [5, 5.41) is 3.73. The highest BCUT2D eigenvalue weighted by Gasteiger charge is 2.41. The Morgan fingerprint density at radius 2 is 2.00 bits per heavy atom. The van der Waals surface area contributed by atoms with Crippen molar-refractivity contribution in [1.29, 1.82) is 0 Å². The lowest BCUT2D eigenvalue weighted by Crippen LogP contribution is -2.47. The highest BCUT2D eigenvalue weighted by atomic mass is 16.7. The van der Waals surface area contributed by atoms with Crippen molar-refractivity contribution in [2.75, 3.05) is 26.3 Å². The van der Waals surface area contributed by atoms with E-state index in [0.717, 1.165) is 12.8 Å². The fourth-order valence-electron chi connectivity index (χ4n) is 2.50. The summed E-state index contributed by atoms with van der Waals surface area (Å²) < 4.78 is 16.1. The second kappa shape index (κ2) is 4.37. The molecule has 6 heteroatoms. The molecule has 0 radical (unpaired) electrons. The number of likely N-dealkylation sites (tertiary alicyclic amines) is 1. The summed E-state index contributed by atoms with van der Waals surface area (Å²) in [4.78, 5) is 14.0. The van der Waals surface area contributed by atoms with Gasteiger partial charge in [0.25, 0.3) is 5.91 Å². The molecule has 1 aromatic rings. The number of piperidine rings is 1. The first-order chi connectivity index (χ1) is 8.70. The quantitative estimate of drug-likeness (QED) is 0.745. The minimum atomic E-state index is -0.444. The van der Waals surface area contributed by atoms with Gasteiger partial charge in [0.05, 0.1) is 18.9 Å². The number of carbonyl (C=O) groups excluding carboxylic acids is 1. The number of hydrogen-bond acceptors (Lipinski definition) is 5. The van der Waals surface area contributed by atoms with Gasteiger partial charge in [-0.05, 0) is 6.92 Å². The van der Waals surface area contributed by atoms with Crippen molar-refractivity contribution in [3.63, 3.8) is 0 Å². The van der Waals surface area contributed by atoms with Crippen LogP contribution in [0.15, 0.2) is 10.8 Å². The minimum Gasteiger partial charge on any atom is -0.364 e. The lowest BCUT2D eigenvalue weighted by Gasteiger charge is -2.37. The molecule has 3 heterocycles. The van der Waals surface area contributed by atoms with Gasteiger partial charge in [0.1, 0.15) is 11.8 Å². The zero-order chi connectivity index (χ0) is 12.6. The standard InChI is InChI=1S/C12H16N2O4/c1-9-10(8-18-13-9)11(15)14-4-2-12(3-5-14)16-6-7-17-12/h8H,2-7H2,1H3. The highest BCUT2D eigenvalue weighted by molar-refractivity contribution is 5.94. The average Bonchev–Trinajstić information content (AvgIpc) is 2.99. The maximum Gasteiger partial charge on any atom is 0.259 e. The second-order valence-electron chi connectivity index (χ2n) is 4.71. The van der Waals surface area contributed by atoms with E-state index in [-0.39, 0.29) is 5.91 Å². The van der Waals surface area contributed by atoms with Crippen molar-refractivity contribution < 1.29 is 18.8 Å². The first kappa shape index (κ1) is 11.7. The van der Waals surface area contributed by atoms with Crippen LogP contribution >= 0.6 is 0 Å². The van der Waals surface area contributed by atoms with Crippen LogP contribution in [0.25, 0.3) is 0 Å². The van der Waals surface area contributed by atoms with Gasteiger partial charge in [0.2, 0.25) is 0 Å². The summed E-state index contributed by atoms with van der Waals surface area (Å²) in [5.41, 5.74) is 1.17. The highest BCUT2D eigenvalue weighted by Crippen LogP contribution is 2.31. The van der Waals surface area contributed by atoms with Crippen LogP contribution in [0.4, 0.5) is 0 Å². The lowest BCUT2D eigenvalue weighted by atomic mass is 10.0. The summed E-state index contributed by atoms with van der Waals surface area (Å²) >= 11 is 0. The van der Waals surface area contributed by atoms with Crippen LogP contribution in [0.1, 0.15) is 28.9 Å². The summed E-state index contributed by atoms with van der Waals surface area (Å²) in [6.45, 7) is 4.36. The van der Waals surface area contributed by atoms with E-state index in [0.29, 0.717) is 37.6 Å². The monoisotopic (exact) mass is 252 g/mol. The number of rotatable bonds is 1. The summed E-state index contributed by atoms with van der Waals surface area (Å²) in [6, 6.07) is 0. The number of nitrogens with zero attached hydrogens (tertiary/aromatic N) is 2. The fourth-order valence-corrected chi connectivity index (χ4v) is 2.50. The van der Waals surface area contributed by atoms with E-state index in [1.807, 2.05) is 0 Å². The molecule has 1 aromatic heterocycles. The first-order valence-corrected chi connectivity index (χ1v) is 6.18. The Labute approximate surface area is 105 Å². The Balaban J connectivity index is 1.66. The van der Waals surface area contributed by atoms with Gasteiger partial charge in [0, 0.05) is 25.9 Å². The van der Waals surface area contributed by atoms with Crippen molar-refractivity contribution >= 4 is 5.91 Å². The zero-order valence-corrected chi connectivity index (χ0v) is 10.3. The molecule has 0 N–H and O–H groups in total. The van der Waals surface area contributed by atoms with Gasteiger partial charge >= 0.3 is 0 Å². The van der Waals surface area contributed by atoms with E-state index in [2.05, 4.69) is 5.16 Å². The third-order valence-electron chi connectivity index (χ3n) is 3.61. The molecule has 1 spiro atoms. The van der Waals surface area contributed by atoms with Gasteiger partial charge in [-0.15, -0.1) is 0 Å². The van der Waals surface area contributed by atoms with Crippen LogP contribution in [0.5, 0.6) is 0 Å². The average molecular weight is 252 g/mol. The van der Waals surface area contributed by atoms with Crippen molar-refractivity contribution in [1.82, 2.24) is 10.1 Å². The van der Waals surface area contributed by atoms with Crippen molar-refractivity contribution in [3.8, 4) is 0 Å². The summed E-state index contributed by atoms with van der Waals surface area (Å²) in [7, 11) is 0. The third-order valence-corrected chi connectivity index (χ3v) is 3.61. The first-order valence-electron chi connectivity index (χ1n) is 6.18. The van der Waals surface area contributed by atoms with Gasteiger partial charge in [-0.2, -0.15) is 0 Å². The molecule has 18 heavy (non-hydrogen) atoms. The second-order valence-corrected chi connectivity index (χ2v) is 4.71. The summed E-state index contributed by atoms with van der Waals surface area (Å²) in [5.74, 6) is -0.470. The molecular weight excluding hydrogens is 236 g/mol. The smallest absolute Gasteiger partial charge is 0.259 e. The molecule has 0 aromatic carbocycles. The molecule has 0 aliphatic carbocycles. The zero-order valence-electron chi connectivity index (χ0n) is 10.3. The molecule has 0 bridgehead atoms. The largest absolute Gasteiger partial charge is 0.364 e. The Hall–Kier alpha value is -1.40. The van der Waals surface area contributed by atoms with Gasteiger partial charge in [-0.1, -0.05) is 5.16 Å². The van der Waals surface area contributed by atoms with E-state index in [4.69, 9.17) is 14.0 Å². The van der Waals surface area contributed by atoms with Crippen molar-refractivity contribution in [3.05, 3.63) is 17.5 Å². The van der Waals surface area contributed by atoms with Gasteiger partial charge in [-0.3, -0.25) is 4.79 Å². The number of hydrogen-bond donors (Lipinski definition) is 0. The molecule has 2 aliphatic rings. The predicted molar refractivity (Wildman–Crippen MR) is 61.0 cm³/mol. The molecule has 3 rings (SSSR count). The maximum atomic E-state index is 12.2. The lowest BCUT2D eigenvalue weighted by molar-refractivity contribution is -0.181. The SMILES string of the molecule is Cc1nocc1C(=O)N1CCC2(CC1)OCCO2. The van der Waals surface area contributed by atoms with Gasteiger partial charge < -0.3 is 18.9 Å². The van der Waals surface area contributed by atoms with Crippen LogP contribution in [-0.4, -0.2) is 48.1 Å². The Bertz CT molecular complexity index is 441. The maximum absolute atomic E-state index is 12.2. The fraction of sp³-hybridized carbons (Fsp3) is 0.667. The molecule has 2 aliphatic heterocycles. The number of carbonyl (C=O) groups is 1. The van der Waals surface area contributed by atoms with Crippen molar-refractivity contribution in [2.45, 2.75) is 25.6 Å². The number of aryl methyl sites for hydroxylation is 1. The van der Waals surface area contributed by atoms with E-state index in [1.54, 1.807) is 11.8 Å². The van der Waals surface area contributed by atoms with Crippen LogP contribution < -0.4 is 0 Å². The van der Waals surface area contributed by atoms with Gasteiger partial charge in [0.15, 0.2) is 5.79 Å². The topological polar surface area (TPSA) is 64.8 Å². The normalized spacial score (nSPS) is 22.6. The molecule has 98 valence electrons. The van der Waals surface area contributed by atoms with Crippen LogP contribution in [0.3, 0.4) is 0 Å². The van der Waals surface area contributed by atoms with Gasteiger partial charge in [-0.25, -0.2) is 0 Å². The van der Waals surface area contributed by atoms with E-state index in [1.165, 1.54) is 6.26 Å². The van der Waals surface area contributed by atoms with Crippen molar-refractivity contribution in [2.24, 2.45) is 0 Å². The molecule has 6 nitrogen and oxygen atoms in total. The molecule has 2 saturated heterocycles. The predicted octanol–water partition coefficient (Wildman–Crippen LogP) is 0.962. The van der Waals surface area contributed by atoms with Crippen LogP contribution in [0, 0.1) is 6.92 Å². The van der Waals surface area contributed by atoms with E-state index in [9.17, 15) is 4.79 Å². The molecule has 0 saturated carbocycles. The molecule has 2 fully saturated rings. The Kier molecular flexibility index (Phi) is 2.83. The van der Waals surface area contributed by atoms with Crippen LogP contribution in [-0.2, 0) is 9.47 Å². The van der Waals surface area contributed by atoms with E-state index < -0.39 is 5.79 Å². The summed E-state index contributed by atoms with van der Waals surface area (Å²) in [6.07, 6.45) is 2.86. The van der Waals surface area contributed by atoms with Crippen LogP contribution in [0.2, 0.25) is 0 Å². The number of amides is 1. The molecular formula is C12H16N2O4. The van der Waals surface area contributed by atoms with E-state index >= 15 is 0 Å². The Morgan fingerprint density at radius 1 is 1.33 bits per heavy atom. The minimum absolute atomic E-state index is 0.0263.